The summed E-state index contributed by atoms with van der Waals surface area (Å²) in [6.45, 7) is 9.37. The number of aryl methyl sites for hydroxylation is 2. The zero-order valence-electron chi connectivity index (χ0n) is 23.5. The van der Waals surface area contributed by atoms with Crippen molar-refractivity contribution >= 4 is 29.2 Å². The zero-order valence-corrected chi connectivity index (χ0v) is 23.5. The predicted molar refractivity (Wildman–Crippen MR) is 153 cm³/mol. The maximum Gasteiger partial charge on any atom is 0.271 e. The van der Waals surface area contributed by atoms with Crippen LogP contribution in [0.3, 0.4) is 0 Å². The number of likely N-dealkylation sites (N-methyl/N-ethyl adjacent to an activating group) is 1. The van der Waals surface area contributed by atoms with Gasteiger partial charge in [0.1, 0.15) is 0 Å². The minimum absolute atomic E-state index is 0.00736. The van der Waals surface area contributed by atoms with Crippen molar-refractivity contribution in [2.45, 2.75) is 52.4 Å². The molecule has 1 aliphatic heterocycles. The molecule has 0 radical (unpaired) electrons. The van der Waals surface area contributed by atoms with Gasteiger partial charge in [0.15, 0.2) is 11.5 Å². The summed E-state index contributed by atoms with van der Waals surface area (Å²) in [5, 5.41) is 6.14. The number of benzene rings is 1. The normalized spacial score (nSPS) is 14.1. The summed E-state index contributed by atoms with van der Waals surface area (Å²) in [7, 11) is 1.62. The molecule has 1 fully saturated rings. The largest absolute Gasteiger partial charge is 0.364 e. The SMILES string of the molecule is CCCc1nc(Nc2cccc(C(C)CNC(=O)CN(C)C(=O)C=CCN3CCC3)c2)c(C(N)=O)nc1CC. The van der Waals surface area contributed by atoms with Crippen molar-refractivity contribution in [1.82, 2.24) is 25.1 Å². The summed E-state index contributed by atoms with van der Waals surface area (Å²) in [4.78, 5) is 49.7. The third kappa shape index (κ3) is 8.61. The van der Waals surface area contributed by atoms with Crippen LogP contribution in [0, 0.1) is 0 Å². The lowest BCUT2D eigenvalue weighted by molar-refractivity contribution is -0.131. The van der Waals surface area contributed by atoms with Crippen molar-refractivity contribution < 1.29 is 14.4 Å². The van der Waals surface area contributed by atoms with E-state index in [1.807, 2.05) is 44.2 Å². The Morgan fingerprint density at radius 3 is 2.59 bits per heavy atom. The van der Waals surface area contributed by atoms with Gasteiger partial charge in [-0.1, -0.05) is 45.4 Å². The quantitative estimate of drug-likeness (QED) is 0.317. The Morgan fingerprint density at radius 2 is 1.95 bits per heavy atom. The highest BCUT2D eigenvalue weighted by molar-refractivity contribution is 5.96. The Kier molecular flexibility index (Phi) is 11.0. The molecule has 1 saturated heterocycles. The van der Waals surface area contributed by atoms with Crippen LogP contribution in [-0.4, -0.2) is 77.3 Å². The number of hydrogen-bond acceptors (Lipinski definition) is 7. The maximum atomic E-state index is 12.5. The Hall–Kier alpha value is -3.79. The molecule has 39 heavy (non-hydrogen) atoms. The Morgan fingerprint density at radius 1 is 1.18 bits per heavy atom. The molecule has 210 valence electrons. The van der Waals surface area contributed by atoms with Crippen LogP contribution in [0.15, 0.2) is 36.4 Å². The van der Waals surface area contributed by atoms with E-state index in [9.17, 15) is 14.4 Å². The molecule has 1 aliphatic rings. The van der Waals surface area contributed by atoms with Crippen LogP contribution >= 0.6 is 0 Å². The van der Waals surface area contributed by atoms with Gasteiger partial charge in [-0.2, -0.15) is 0 Å². The second-order valence-corrected chi connectivity index (χ2v) is 9.99. The summed E-state index contributed by atoms with van der Waals surface area (Å²) in [6, 6.07) is 7.71. The van der Waals surface area contributed by atoms with Gasteiger partial charge >= 0.3 is 0 Å². The second kappa shape index (κ2) is 14.4. The van der Waals surface area contributed by atoms with Crippen LogP contribution < -0.4 is 16.4 Å². The van der Waals surface area contributed by atoms with Gasteiger partial charge in [0.2, 0.25) is 11.8 Å². The number of nitrogens with two attached hydrogens (primary N) is 1. The average molecular weight is 536 g/mol. The average Bonchev–Trinajstić information content (AvgIpc) is 2.88. The van der Waals surface area contributed by atoms with Gasteiger partial charge < -0.3 is 21.3 Å². The topological polar surface area (TPSA) is 134 Å². The molecule has 2 aromatic rings. The third-order valence-corrected chi connectivity index (χ3v) is 6.76. The van der Waals surface area contributed by atoms with Gasteiger partial charge in [-0.3, -0.25) is 19.3 Å². The first-order valence-electron chi connectivity index (χ1n) is 13.7. The van der Waals surface area contributed by atoms with Gasteiger partial charge in [0, 0.05) is 31.9 Å². The first-order chi connectivity index (χ1) is 18.7. The number of likely N-dealkylation sites (tertiary alicyclic amines) is 1. The summed E-state index contributed by atoms with van der Waals surface area (Å²) in [5.74, 6) is -0.695. The van der Waals surface area contributed by atoms with Gasteiger partial charge in [0.05, 0.1) is 17.9 Å². The van der Waals surface area contributed by atoms with Crippen LogP contribution in [0.25, 0.3) is 0 Å². The van der Waals surface area contributed by atoms with Crippen LogP contribution in [-0.2, 0) is 22.4 Å². The van der Waals surface area contributed by atoms with E-state index >= 15 is 0 Å². The summed E-state index contributed by atoms with van der Waals surface area (Å²) in [5.41, 5.74) is 9.09. The van der Waals surface area contributed by atoms with Gasteiger partial charge in [0.25, 0.3) is 5.91 Å². The number of primary amides is 1. The molecule has 3 rings (SSSR count). The molecule has 1 aromatic carbocycles. The number of carbonyl (C=O) groups excluding carboxylic acids is 3. The van der Waals surface area contributed by atoms with Crippen LogP contribution in [0.5, 0.6) is 0 Å². The molecular formula is C29H41N7O3. The lowest BCUT2D eigenvalue weighted by atomic mass is 10.0. The fraction of sp³-hybridized carbons (Fsp3) is 0.483. The number of amides is 3. The molecule has 10 heteroatoms. The molecular weight excluding hydrogens is 494 g/mol. The van der Waals surface area contributed by atoms with Gasteiger partial charge in [-0.15, -0.1) is 0 Å². The summed E-state index contributed by atoms with van der Waals surface area (Å²) >= 11 is 0. The van der Waals surface area contributed by atoms with Crippen molar-refractivity contribution in [3.8, 4) is 0 Å². The Balaban J connectivity index is 1.58. The number of nitrogens with zero attached hydrogens (tertiary/aromatic N) is 4. The van der Waals surface area contributed by atoms with E-state index in [1.54, 1.807) is 7.05 Å². The lowest BCUT2D eigenvalue weighted by Gasteiger charge is -2.29. The molecule has 1 aromatic heterocycles. The smallest absolute Gasteiger partial charge is 0.271 e. The van der Waals surface area contributed by atoms with E-state index in [0.29, 0.717) is 18.8 Å². The van der Waals surface area contributed by atoms with Gasteiger partial charge in [-0.25, -0.2) is 9.97 Å². The molecule has 4 N–H and O–H groups in total. The number of hydrogen-bond donors (Lipinski definition) is 3. The fourth-order valence-electron chi connectivity index (χ4n) is 4.27. The molecule has 0 aliphatic carbocycles. The zero-order chi connectivity index (χ0) is 28.4. The number of aromatic nitrogens is 2. The summed E-state index contributed by atoms with van der Waals surface area (Å²) < 4.78 is 0. The van der Waals surface area contributed by atoms with Crippen molar-refractivity contribution in [2.75, 3.05) is 45.1 Å². The van der Waals surface area contributed by atoms with E-state index < -0.39 is 5.91 Å². The summed E-state index contributed by atoms with van der Waals surface area (Å²) in [6.07, 6.45) is 6.92. The Bertz CT molecular complexity index is 1190. The standard InChI is InChI=1S/C29H41N7O3/c1-5-10-24-23(6-2)33-27(28(30)39)29(34-24)32-22-12-7-11-21(17-22)20(3)18-31-25(37)19-35(4)26(38)13-8-14-36-15-9-16-36/h7-8,11-13,17,20H,5-6,9-10,14-16,18-19H2,1-4H3,(H2,30,39)(H,31,37)(H,32,34). The highest BCUT2D eigenvalue weighted by Gasteiger charge is 2.18. The number of nitrogens with one attached hydrogen (secondary N) is 2. The number of anilines is 2. The highest BCUT2D eigenvalue weighted by atomic mass is 16.2. The van der Waals surface area contributed by atoms with Crippen LogP contribution in [0.4, 0.5) is 11.5 Å². The molecule has 2 heterocycles. The van der Waals surface area contributed by atoms with Crippen molar-refractivity contribution in [1.29, 1.82) is 0 Å². The highest BCUT2D eigenvalue weighted by Crippen LogP contribution is 2.24. The molecule has 0 bridgehead atoms. The first kappa shape index (κ1) is 29.8. The third-order valence-electron chi connectivity index (χ3n) is 6.76. The predicted octanol–water partition coefficient (Wildman–Crippen LogP) is 2.77. The van der Waals surface area contributed by atoms with Crippen molar-refractivity contribution in [2.24, 2.45) is 5.73 Å². The van der Waals surface area contributed by atoms with E-state index in [-0.39, 0.29) is 30.0 Å². The molecule has 0 saturated carbocycles. The fourth-order valence-corrected chi connectivity index (χ4v) is 4.27. The first-order valence-corrected chi connectivity index (χ1v) is 13.7. The number of carbonyl (C=O) groups is 3. The maximum absolute atomic E-state index is 12.5. The molecule has 10 nitrogen and oxygen atoms in total. The van der Waals surface area contributed by atoms with Gasteiger partial charge in [-0.05, 0) is 56.0 Å². The molecule has 0 spiro atoms. The minimum atomic E-state index is -0.634. The minimum Gasteiger partial charge on any atom is -0.364 e. The lowest BCUT2D eigenvalue weighted by Crippen LogP contribution is -2.39. The van der Waals surface area contributed by atoms with Crippen LogP contribution in [0.2, 0.25) is 0 Å². The molecule has 1 unspecified atom stereocenters. The molecule has 3 amide bonds. The van der Waals surface area contributed by atoms with E-state index in [0.717, 1.165) is 55.1 Å². The van der Waals surface area contributed by atoms with Crippen molar-refractivity contribution in [3.63, 3.8) is 0 Å². The van der Waals surface area contributed by atoms with Crippen LogP contribution in [0.1, 0.15) is 67.0 Å². The van der Waals surface area contributed by atoms with E-state index in [1.165, 1.54) is 17.4 Å². The van der Waals surface area contributed by atoms with E-state index in [2.05, 4.69) is 32.4 Å². The second-order valence-electron chi connectivity index (χ2n) is 9.99. The molecule has 1 atom stereocenters. The number of rotatable bonds is 14. The Labute approximate surface area is 231 Å². The monoisotopic (exact) mass is 535 g/mol. The van der Waals surface area contributed by atoms with Crippen molar-refractivity contribution in [3.05, 3.63) is 59.1 Å². The van der Waals surface area contributed by atoms with E-state index in [4.69, 9.17) is 5.73 Å².